The Hall–Kier alpha value is -1.88. The van der Waals surface area contributed by atoms with Gasteiger partial charge in [0.05, 0.1) is 0 Å². The number of hydrogen-bond acceptors (Lipinski definition) is 4. The van der Waals surface area contributed by atoms with Gasteiger partial charge in [-0.1, -0.05) is 12.1 Å². The summed E-state index contributed by atoms with van der Waals surface area (Å²) in [7, 11) is 0. The van der Waals surface area contributed by atoms with Gasteiger partial charge in [-0.2, -0.15) is 5.10 Å². The quantitative estimate of drug-likeness (QED) is 0.801. The lowest BCUT2D eigenvalue weighted by molar-refractivity contribution is 0.409. The summed E-state index contributed by atoms with van der Waals surface area (Å²) < 4.78 is 0. The maximum Gasteiger partial charge on any atom is 0.181 e. The van der Waals surface area contributed by atoms with E-state index in [0.29, 0.717) is 12.1 Å². The maximum absolute atomic E-state index is 6.04. The van der Waals surface area contributed by atoms with Crippen LogP contribution in [0.1, 0.15) is 31.5 Å². The molecule has 106 valence electrons. The number of nitrogens with one attached hydrogen (secondary N) is 2. The first-order valence-electron chi connectivity index (χ1n) is 7.22. The van der Waals surface area contributed by atoms with E-state index in [-0.39, 0.29) is 0 Å². The largest absolute Gasteiger partial charge is 0.382 e. The summed E-state index contributed by atoms with van der Waals surface area (Å²) in [5.41, 5.74) is 8.18. The van der Waals surface area contributed by atoms with Gasteiger partial charge in [-0.05, 0) is 44.7 Å². The van der Waals surface area contributed by atoms with Gasteiger partial charge in [0.1, 0.15) is 5.82 Å². The van der Waals surface area contributed by atoms with Gasteiger partial charge in [0.15, 0.2) is 5.82 Å². The van der Waals surface area contributed by atoms with Crippen LogP contribution >= 0.6 is 0 Å². The summed E-state index contributed by atoms with van der Waals surface area (Å²) in [6.07, 6.45) is 4.59. The summed E-state index contributed by atoms with van der Waals surface area (Å²) in [5, 5.41) is 10.7. The standard InChI is InChI=1S/C15H21N5/c1-10-17-15(20-19-10)11-4-2-6-13(8-11)18-14-7-3-5-12(16)9-14/h2,4,6,8,12,14,18H,3,5,7,9,16H2,1H3,(H,17,19,20). The van der Waals surface area contributed by atoms with Crippen LogP contribution in [-0.4, -0.2) is 27.3 Å². The molecule has 3 rings (SSSR count). The van der Waals surface area contributed by atoms with E-state index in [1.807, 2.05) is 19.1 Å². The summed E-state index contributed by atoms with van der Waals surface area (Å²) in [4.78, 5) is 4.37. The highest BCUT2D eigenvalue weighted by atomic mass is 15.2. The molecule has 0 bridgehead atoms. The Morgan fingerprint density at radius 2 is 2.25 bits per heavy atom. The molecular formula is C15H21N5. The number of benzene rings is 1. The number of H-pyrrole nitrogens is 1. The average molecular weight is 271 g/mol. The molecule has 0 spiro atoms. The van der Waals surface area contributed by atoms with Crippen LogP contribution in [0.2, 0.25) is 0 Å². The molecule has 0 aliphatic heterocycles. The molecule has 0 radical (unpaired) electrons. The van der Waals surface area contributed by atoms with Crippen molar-refractivity contribution in [2.24, 2.45) is 5.73 Å². The number of anilines is 1. The summed E-state index contributed by atoms with van der Waals surface area (Å²) >= 11 is 0. The normalized spacial score (nSPS) is 22.7. The first-order valence-corrected chi connectivity index (χ1v) is 7.22. The molecule has 2 unspecified atom stereocenters. The Morgan fingerprint density at radius 1 is 1.35 bits per heavy atom. The lowest BCUT2D eigenvalue weighted by atomic mass is 9.91. The zero-order chi connectivity index (χ0) is 13.9. The van der Waals surface area contributed by atoms with Gasteiger partial charge in [-0.25, -0.2) is 4.98 Å². The highest BCUT2D eigenvalue weighted by Gasteiger charge is 2.19. The fourth-order valence-corrected chi connectivity index (χ4v) is 2.81. The van der Waals surface area contributed by atoms with Gasteiger partial charge >= 0.3 is 0 Å². The van der Waals surface area contributed by atoms with Crippen LogP contribution in [0.4, 0.5) is 5.69 Å². The van der Waals surface area contributed by atoms with Gasteiger partial charge in [0, 0.05) is 23.3 Å². The van der Waals surface area contributed by atoms with Gasteiger partial charge in [-0.15, -0.1) is 0 Å². The summed E-state index contributed by atoms with van der Waals surface area (Å²) in [5.74, 6) is 1.57. The van der Waals surface area contributed by atoms with Gasteiger partial charge in [0.2, 0.25) is 0 Å². The number of nitrogens with two attached hydrogens (primary N) is 1. The third-order valence-electron chi connectivity index (χ3n) is 3.80. The van der Waals surface area contributed by atoms with E-state index in [0.717, 1.165) is 35.7 Å². The molecular weight excluding hydrogens is 250 g/mol. The molecule has 1 aliphatic rings. The number of aromatic amines is 1. The molecule has 5 nitrogen and oxygen atoms in total. The maximum atomic E-state index is 6.04. The minimum Gasteiger partial charge on any atom is -0.382 e. The Balaban J connectivity index is 1.74. The molecule has 20 heavy (non-hydrogen) atoms. The van der Waals surface area contributed by atoms with Crippen molar-refractivity contribution in [1.82, 2.24) is 15.2 Å². The first kappa shape index (κ1) is 13.1. The topological polar surface area (TPSA) is 79.6 Å². The van der Waals surface area contributed by atoms with Gasteiger partial charge < -0.3 is 11.1 Å². The molecule has 0 saturated heterocycles. The highest BCUT2D eigenvalue weighted by molar-refractivity contribution is 5.62. The van der Waals surface area contributed by atoms with E-state index in [4.69, 9.17) is 5.73 Å². The second-order valence-electron chi connectivity index (χ2n) is 5.59. The predicted molar refractivity (Wildman–Crippen MR) is 80.4 cm³/mol. The monoisotopic (exact) mass is 271 g/mol. The van der Waals surface area contributed by atoms with E-state index in [1.54, 1.807) is 0 Å². The third-order valence-corrected chi connectivity index (χ3v) is 3.80. The number of rotatable bonds is 3. The van der Waals surface area contributed by atoms with E-state index in [1.165, 1.54) is 12.8 Å². The van der Waals surface area contributed by atoms with Crippen molar-refractivity contribution in [2.45, 2.75) is 44.7 Å². The molecule has 4 N–H and O–H groups in total. The molecule has 2 atom stereocenters. The Kier molecular flexibility index (Phi) is 3.69. The van der Waals surface area contributed by atoms with Crippen LogP contribution in [-0.2, 0) is 0 Å². The van der Waals surface area contributed by atoms with Crippen molar-refractivity contribution in [1.29, 1.82) is 0 Å². The fourth-order valence-electron chi connectivity index (χ4n) is 2.81. The van der Waals surface area contributed by atoms with E-state index >= 15 is 0 Å². The van der Waals surface area contributed by atoms with Crippen LogP contribution in [0.5, 0.6) is 0 Å². The summed E-state index contributed by atoms with van der Waals surface area (Å²) in [6, 6.07) is 9.06. The van der Waals surface area contributed by atoms with E-state index in [9.17, 15) is 0 Å². The van der Waals surface area contributed by atoms with Crippen LogP contribution in [0, 0.1) is 6.92 Å². The number of aryl methyl sites for hydroxylation is 1. The first-order chi connectivity index (χ1) is 9.70. The Labute approximate surface area is 119 Å². The Morgan fingerprint density at radius 3 is 3.00 bits per heavy atom. The van der Waals surface area contributed by atoms with Crippen molar-refractivity contribution in [3.8, 4) is 11.4 Å². The lowest BCUT2D eigenvalue weighted by Crippen LogP contribution is -2.34. The third kappa shape index (κ3) is 2.99. The van der Waals surface area contributed by atoms with E-state index < -0.39 is 0 Å². The molecule has 1 heterocycles. The van der Waals surface area contributed by atoms with E-state index in [2.05, 4.69) is 32.6 Å². The molecule has 1 aromatic carbocycles. The summed E-state index contributed by atoms with van der Waals surface area (Å²) in [6.45, 7) is 1.90. The second kappa shape index (κ2) is 5.63. The predicted octanol–water partition coefficient (Wildman–Crippen LogP) is 2.46. The zero-order valence-electron chi connectivity index (χ0n) is 11.8. The zero-order valence-corrected chi connectivity index (χ0v) is 11.8. The van der Waals surface area contributed by atoms with Crippen LogP contribution in [0.15, 0.2) is 24.3 Å². The van der Waals surface area contributed by atoms with Crippen molar-refractivity contribution >= 4 is 5.69 Å². The molecule has 5 heteroatoms. The van der Waals surface area contributed by atoms with Crippen LogP contribution in [0.25, 0.3) is 11.4 Å². The second-order valence-corrected chi connectivity index (χ2v) is 5.59. The molecule has 1 aliphatic carbocycles. The average Bonchev–Trinajstić information content (AvgIpc) is 2.86. The Bertz CT molecular complexity index is 577. The van der Waals surface area contributed by atoms with Gasteiger partial charge in [-0.3, -0.25) is 5.10 Å². The number of hydrogen-bond donors (Lipinski definition) is 3. The molecule has 1 saturated carbocycles. The fraction of sp³-hybridized carbons (Fsp3) is 0.467. The lowest BCUT2D eigenvalue weighted by Gasteiger charge is -2.28. The van der Waals surface area contributed by atoms with Crippen LogP contribution < -0.4 is 11.1 Å². The molecule has 1 aromatic heterocycles. The number of nitrogens with zero attached hydrogens (tertiary/aromatic N) is 2. The van der Waals surface area contributed by atoms with Crippen molar-refractivity contribution in [3.05, 3.63) is 30.1 Å². The molecule has 0 amide bonds. The minimum atomic E-state index is 0.333. The SMILES string of the molecule is Cc1nc(-c2cccc(NC3CCCC(N)C3)c2)n[nH]1. The highest BCUT2D eigenvalue weighted by Crippen LogP contribution is 2.24. The van der Waals surface area contributed by atoms with Crippen molar-refractivity contribution in [3.63, 3.8) is 0 Å². The number of aromatic nitrogens is 3. The van der Waals surface area contributed by atoms with Gasteiger partial charge in [0.25, 0.3) is 0 Å². The molecule has 1 fully saturated rings. The molecule has 2 aromatic rings. The van der Waals surface area contributed by atoms with Crippen LogP contribution in [0.3, 0.4) is 0 Å². The smallest absolute Gasteiger partial charge is 0.181 e. The van der Waals surface area contributed by atoms with Crippen molar-refractivity contribution in [2.75, 3.05) is 5.32 Å². The van der Waals surface area contributed by atoms with Crippen molar-refractivity contribution < 1.29 is 0 Å². The minimum absolute atomic E-state index is 0.333.